The van der Waals surface area contributed by atoms with E-state index in [-0.39, 0.29) is 12.4 Å². The SMILES string of the molecule is CC.CC1OC(n2cnc3c(N)ncnc32)C(O)[C@@H]1O.CCCCS.CCO. The molecule has 0 aromatic carbocycles. The van der Waals surface area contributed by atoms with Gasteiger partial charge in [-0.05, 0) is 26.0 Å². The van der Waals surface area contributed by atoms with Crippen molar-refractivity contribution in [2.24, 2.45) is 0 Å². The Morgan fingerprint density at radius 3 is 2.21 bits per heavy atom. The highest BCUT2D eigenvalue weighted by Crippen LogP contribution is 2.31. The van der Waals surface area contributed by atoms with Gasteiger partial charge in [0.05, 0.1) is 12.4 Å². The van der Waals surface area contributed by atoms with E-state index in [9.17, 15) is 10.2 Å². The molecule has 0 radical (unpaired) electrons. The van der Waals surface area contributed by atoms with Crippen LogP contribution in [0.3, 0.4) is 0 Å². The number of aliphatic hydroxyl groups is 3. The number of anilines is 1. The first-order valence-corrected chi connectivity index (χ1v) is 10.2. The Balaban J connectivity index is 0.000000619. The predicted octanol–water partition coefficient (Wildman–Crippen LogP) is 1.79. The van der Waals surface area contributed by atoms with E-state index < -0.39 is 24.5 Å². The van der Waals surface area contributed by atoms with Crippen molar-refractivity contribution in [1.29, 1.82) is 0 Å². The van der Waals surface area contributed by atoms with E-state index in [0.717, 1.165) is 5.75 Å². The molecule has 1 fully saturated rings. The van der Waals surface area contributed by atoms with Gasteiger partial charge in [-0.3, -0.25) is 4.57 Å². The van der Waals surface area contributed by atoms with Gasteiger partial charge >= 0.3 is 0 Å². The minimum absolute atomic E-state index is 0.250. The number of nitrogens with zero attached hydrogens (tertiary/aromatic N) is 4. The lowest BCUT2D eigenvalue weighted by Crippen LogP contribution is -2.30. The molecule has 5 N–H and O–H groups in total. The Morgan fingerprint density at radius 1 is 1.18 bits per heavy atom. The average molecular weight is 418 g/mol. The molecule has 162 valence electrons. The van der Waals surface area contributed by atoms with Crippen LogP contribution < -0.4 is 5.73 Å². The van der Waals surface area contributed by atoms with E-state index in [0.29, 0.717) is 11.2 Å². The van der Waals surface area contributed by atoms with Gasteiger partial charge in [0.2, 0.25) is 0 Å². The maximum Gasteiger partial charge on any atom is 0.167 e. The number of hydrogen-bond acceptors (Lipinski definition) is 9. The molecule has 10 heteroatoms. The van der Waals surface area contributed by atoms with Gasteiger partial charge in [0.1, 0.15) is 24.1 Å². The molecule has 1 aliphatic heterocycles. The molecule has 0 spiro atoms. The van der Waals surface area contributed by atoms with Crippen molar-refractivity contribution in [1.82, 2.24) is 19.5 Å². The quantitative estimate of drug-likeness (QED) is 0.476. The molecule has 9 nitrogen and oxygen atoms in total. The second-order valence-electron chi connectivity index (χ2n) is 5.69. The zero-order valence-electron chi connectivity index (χ0n) is 17.4. The number of rotatable bonds is 3. The summed E-state index contributed by atoms with van der Waals surface area (Å²) in [6.07, 6.45) is 2.15. The zero-order chi connectivity index (χ0) is 21.7. The predicted molar refractivity (Wildman–Crippen MR) is 114 cm³/mol. The number of ether oxygens (including phenoxy) is 1. The molecule has 1 saturated heterocycles. The fourth-order valence-electron chi connectivity index (χ4n) is 2.27. The first-order chi connectivity index (χ1) is 13.4. The highest BCUT2D eigenvalue weighted by molar-refractivity contribution is 7.80. The molecule has 2 aromatic heterocycles. The highest BCUT2D eigenvalue weighted by atomic mass is 32.1. The molecular formula is C18H35N5O4S. The van der Waals surface area contributed by atoms with E-state index >= 15 is 0 Å². The average Bonchev–Trinajstić information content (AvgIpc) is 3.23. The molecule has 3 rings (SSSR count). The summed E-state index contributed by atoms with van der Waals surface area (Å²) < 4.78 is 7.05. The number of fused-ring (bicyclic) bond motifs is 1. The standard InChI is InChI=1S/C10H13N5O3.C4H10S.C2H6O.C2H6/c1-4-6(16)7(17)10(18-4)15-3-14-5-8(11)12-2-13-9(5)15;1-2-3-4-5;1-2-3;1-2/h2-4,6-7,10,16-17H,1H3,(H2,11,12,13);5H,2-4H2,1H3;3H,2H2,1H3;1-2H3/t4?,6-,7?,10?;;;/m1.../s1. The summed E-state index contributed by atoms with van der Waals surface area (Å²) in [6.45, 7) is 9.78. The van der Waals surface area contributed by atoms with Crippen molar-refractivity contribution in [3.63, 3.8) is 0 Å². The molecule has 3 heterocycles. The largest absolute Gasteiger partial charge is 0.397 e. The molecule has 3 unspecified atom stereocenters. The summed E-state index contributed by atoms with van der Waals surface area (Å²) in [4.78, 5) is 12.0. The molecule has 0 amide bonds. The molecule has 2 aromatic rings. The van der Waals surface area contributed by atoms with Gasteiger partial charge in [0, 0.05) is 6.61 Å². The first kappa shape index (κ1) is 26.5. The van der Waals surface area contributed by atoms with E-state index in [1.807, 2.05) is 13.8 Å². The number of imidazole rings is 1. The molecule has 1 aliphatic rings. The van der Waals surface area contributed by atoms with Crippen LogP contribution >= 0.6 is 12.6 Å². The van der Waals surface area contributed by atoms with Gasteiger partial charge in [0.15, 0.2) is 17.7 Å². The minimum atomic E-state index is -1.03. The maximum atomic E-state index is 9.93. The van der Waals surface area contributed by atoms with Crippen molar-refractivity contribution in [2.45, 2.75) is 72.0 Å². The Morgan fingerprint density at radius 2 is 1.79 bits per heavy atom. The third kappa shape index (κ3) is 7.17. The van der Waals surface area contributed by atoms with Crippen molar-refractivity contribution in [2.75, 3.05) is 18.1 Å². The Labute approximate surface area is 172 Å². The molecule has 0 saturated carbocycles. The molecule has 4 atom stereocenters. The van der Waals surface area contributed by atoms with Crippen LogP contribution in [0.5, 0.6) is 0 Å². The lowest BCUT2D eigenvalue weighted by Gasteiger charge is -2.16. The number of unbranched alkanes of at least 4 members (excludes halogenated alkanes) is 1. The number of nitrogen functional groups attached to an aromatic ring is 1. The van der Waals surface area contributed by atoms with Crippen LogP contribution in [0.4, 0.5) is 5.82 Å². The van der Waals surface area contributed by atoms with Crippen LogP contribution in [0.15, 0.2) is 12.7 Å². The monoisotopic (exact) mass is 417 g/mol. The van der Waals surface area contributed by atoms with E-state index in [4.69, 9.17) is 15.6 Å². The molecular weight excluding hydrogens is 382 g/mol. The van der Waals surface area contributed by atoms with Gasteiger partial charge < -0.3 is 25.8 Å². The van der Waals surface area contributed by atoms with Gasteiger partial charge in [0.25, 0.3) is 0 Å². The highest BCUT2D eigenvalue weighted by Gasteiger charge is 2.41. The molecule has 0 aliphatic carbocycles. The van der Waals surface area contributed by atoms with E-state index in [1.54, 1.807) is 18.4 Å². The minimum Gasteiger partial charge on any atom is -0.397 e. The molecule has 28 heavy (non-hydrogen) atoms. The normalized spacial score (nSPS) is 23.0. The number of thiol groups is 1. The number of aromatic nitrogens is 4. The maximum absolute atomic E-state index is 9.93. The third-order valence-electron chi connectivity index (χ3n) is 3.65. The number of aliphatic hydroxyl groups excluding tert-OH is 3. The fourth-order valence-corrected chi connectivity index (χ4v) is 2.59. The smallest absolute Gasteiger partial charge is 0.167 e. The van der Waals surface area contributed by atoms with Crippen molar-refractivity contribution >= 4 is 29.6 Å². The van der Waals surface area contributed by atoms with Crippen LogP contribution in [0.25, 0.3) is 11.2 Å². The van der Waals surface area contributed by atoms with Crippen molar-refractivity contribution in [3.8, 4) is 0 Å². The van der Waals surface area contributed by atoms with Crippen molar-refractivity contribution in [3.05, 3.63) is 12.7 Å². The summed E-state index contributed by atoms with van der Waals surface area (Å²) in [5.41, 5.74) is 6.59. The van der Waals surface area contributed by atoms with Crippen LogP contribution in [-0.4, -0.2) is 65.5 Å². The summed E-state index contributed by atoms with van der Waals surface area (Å²) >= 11 is 4.00. The second kappa shape index (κ2) is 14.5. The van der Waals surface area contributed by atoms with Crippen LogP contribution in [-0.2, 0) is 4.74 Å². The lowest BCUT2D eigenvalue weighted by molar-refractivity contribution is -0.0299. The number of nitrogens with two attached hydrogens (primary N) is 1. The van der Waals surface area contributed by atoms with Gasteiger partial charge in [-0.1, -0.05) is 27.2 Å². The Kier molecular flexibility index (Phi) is 13.8. The van der Waals surface area contributed by atoms with Gasteiger partial charge in [-0.25, -0.2) is 15.0 Å². The summed E-state index contributed by atoms with van der Waals surface area (Å²) in [5, 5.41) is 27.2. The zero-order valence-corrected chi connectivity index (χ0v) is 18.3. The van der Waals surface area contributed by atoms with Crippen LogP contribution in [0.2, 0.25) is 0 Å². The van der Waals surface area contributed by atoms with Gasteiger partial charge in [-0.2, -0.15) is 12.6 Å². The van der Waals surface area contributed by atoms with Gasteiger partial charge in [-0.15, -0.1) is 0 Å². The molecule has 0 bridgehead atoms. The third-order valence-corrected chi connectivity index (χ3v) is 3.97. The van der Waals surface area contributed by atoms with Crippen LogP contribution in [0, 0.1) is 0 Å². The Hall–Kier alpha value is -1.46. The summed E-state index contributed by atoms with van der Waals surface area (Å²) in [6, 6.07) is 0. The fraction of sp³-hybridized carbons (Fsp3) is 0.722. The van der Waals surface area contributed by atoms with E-state index in [2.05, 4.69) is 34.5 Å². The summed E-state index contributed by atoms with van der Waals surface area (Å²) in [5.74, 6) is 1.30. The topological polar surface area (TPSA) is 140 Å². The van der Waals surface area contributed by atoms with E-state index in [1.165, 1.54) is 25.5 Å². The first-order valence-electron chi connectivity index (χ1n) is 9.59. The number of hydrogen-bond donors (Lipinski definition) is 5. The summed E-state index contributed by atoms with van der Waals surface area (Å²) in [7, 11) is 0. The Bertz CT molecular complexity index is 656. The second-order valence-corrected chi connectivity index (χ2v) is 6.14. The lowest BCUT2D eigenvalue weighted by atomic mass is 10.1. The van der Waals surface area contributed by atoms with Crippen molar-refractivity contribution < 1.29 is 20.1 Å². The van der Waals surface area contributed by atoms with Crippen LogP contribution in [0.1, 0.15) is 53.7 Å².